The molecule has 1 aromatic carbocycles. The number of imidazole rings is 1. The maximum absolute atomic E-state index is 12.2. The normalized spacial score (nSPS) is 15.5. The van der Waals surface area contributed by atoms with Crippen molar-refractivity contribution in [2.24, 2.45) is 0 Å². The summed E-state index contributed by atoms with van der Waals surface area (Å²) in [5.74, 6) is 0.987. The fourth-order valence-corrected chi connectivity index (χ4v) is 3.89. The summed E-state index contributed by atoms with van der Waals surface area (Å²) in [5, 5.41) is 4.38. The number of rotatable bonds is 2. The fourth-order valence-electron chi connectivity index (χ4n) is 3.89. The number of carbonyl (C=O) groups is 1. The van der Waals surface area contributed by atoms with E-state index in [9.17, 15) is 4.79 Å². The lowest BCUT2D eigenvalue weighted by molar-refractivity contribution is 0.101. The summed E-state index contributed by atoms with van der Waals surface area (Å²) >= 11 is 0. The third-order valence-corrected chi connectivity index (χ3v) is 5.25. The predicted octanol–water partition coefficient (Wildman–Crippen LogP) is 3.04. The number of pyridine rings is 2. The Bertz CT molecular complexity index is 1170. The number of hydrogen-bond acceptors (Lipinski definition) is 5. The Hall–Kier alpha value is -2.99. The van der Waals surface area contributed by atoms with Crippen LogP contribution in [0.15, 0.2) is 42.5 Å². The second-order valence-corrected chi connectivity index (χ2v) is 7.05. The van der Waals surface area contributed by atoms with Crippen LogP contribution in [0.25, 0.3) is 27.7 Å². The van der Waals surface area contributed by atoms with E-state index in [0.717, 1.165) is 60.5 Å². The molecule has 4 heterocycles. The molecule has 0 spiro atoms. The number of fused-ring (bicyclic) bond motifs is 5. The van der Waals surface area contributed by atoms with E-state index in [1.807, 2.05) is 34.7 Å². The van der Waals surface area contributed by atoms with Crippen molar-refractivity contribution in [2.75, 3.05) is 31.1 Å². The first-order valence-electron chi connectivity index (χ1n) is 9.40. The average Bonchev–Trinajstić information content (AvgIpc) is 2.86. The molecule has 1 saturated heterocycles. The van der Waals surface area contributed by atoms with Crippen LogP contribution < -0.4 is 10.2 Å². The molecular weight excluding hydrogens is 338 g/mol. The van der Waals surface area contributed by atoms with Gasteiger partial charge >= 0.3 is 0 Å². The molecular formula is C21H21N5O. The third kappa shape index (κ3) is 2.64. The zero-order valence-electron chi connectivity index (χ0n) is 15.3. The maximum Gasteiger partial charge on any atom is 0.163 e. The summed E-state index contributed by atoms with van der Waals surface area (Å²) in [7, 11) is 0. The average molecular weight is 359 g/mol. The van der Waals surface area contributed by atoms with Crippen LogP contribution in [0.5, 0.6) is 0 Å². The number of para-hydroxylation sites is 2. The molecule has 1 aliphatic rings. The predicted molar refractivity (Wildman–Crippen MR) is 108 cm³/mol. The Morgan fingerprint density at radius 3 is 2.81 bits per heavy atom. The quantitative estimate of drug-likeness (QED) is 0.558. The molecule has 6 heteroatoms. The highest BCUT2D eigenvalue weighted by atomic mass is 16.1. The van der Waals surface area contributed by atoms with Gasteiger partial charge in [0, 0.05) is 25.0 Å². The third-order valence-electron chi connectivity index (χ3n) is 5.25. The molecule has 5 rings (SSSR count). The first-order valence-corrected chi connectivity index (χ1v) is 9.40. The van der Waals surface area contributed by atoms with Gasteiger partial charge in [-0.3, -0.25) is 9.20 Å². The zero-order chi connectivity index (χ0) is 18.4. The highest BCUT2D eigenvalue weighted by molar-refractivity contribution is 6.05. The van der Waals surface area contributed by atoms with E-state index < -0.39 is 0 Å². The van der Waals surface area contributed by atoms with Crippen LogP contribution in [-0.4, -0.2) is 46.3 Å². The molecule has 0 aliphatic carbocycles. The van der Waals surface area contributed by atoms with Gasteiger partial charge in [0.2, 0.25) is 0 Å². The Kier molecular flexibility index (Phi) is 3.79. The van der Waals surface area contributed by atoms with Crippen LogP contribution in [0.2, 0.25) is 0 Å². The Labute approximate surface area is 156 Å². The molecule has 1 aliphatic heterocycles. The van der Waals surface area contributed by atoms with Crippen LogP contribution in [0, 0.1) is 0 Å². The molecule has 3 aromatic heterocycles. The smallest absolute Gasteiger partial charge is 0.163 e. The number of nitrogens with zero attached hydrogens (tertiary/aromatic N) is 4. The Balaban J connectivity index is 1.82. The highest BCUT2D eigenvalue weighted by Crippen LogP contribution is 2.27. The van der Waals surface area contributed by atoms with Crippen molar-refractivity contribution in [3.8, 4) is 0 Å². The minimum absolute atomic E-state index is 0.0138. The van der Waals surface area contributed by atoms with Crippen LogP contribution in [0.3, 0.4) is 0 Å². The number of hydrogen-bond donors (Lipinski definition) is 1. The molecule has 0 radical (unpaired) electrons. The molecule has 0 atom stereocenters. The van der Waals surface area contributed by atoms with Crippen molar-refractivity contribution < 1.29 is 4.79 Å². The van der Waals surface area contributed by atoms with Gasteiger partial charge in [-0.1, -0.05) is 12.1 Å². The first kappa shape index (κ1) is 16.2. The zero-order valence-corrected chi connectivity index (χ0v) is 15.3. The van der Waals surface area contributed by atoms with E-state index in [2.05, 4.69) is 22.3 Å². The monoisotopic (exact) mass is 359 g/mol. The summed E-state index contributed by atoms with van der Waals surface area (Å²) in [6.45, 7) is 5.53. The van der Waals surface area contributed by atoms with Crippen LogP contribution in [0.1, 0.15) is 23.7 Å². The largest absolute Gasteiger partial charge is 0.355 e. The standard InChI is InChI=1S/C21H21N5O/c1-14(27)16-13-15-7-8-19(25-11-4-9-22-10-12-25)24-20(15)26-18-6-3-2-5-17(18)23-21(16)26/h2-3,5-8,13,22H,4,9-12H2,1H3. The molecule has 6 nitrogen and oxygen atoms in total. The fraction of sp³-hybridized carbons (Fsp3) is 0.286. The van der Waals surface area contributed by atoms with Gasteiger partial charge in [0.1, 0.15) is 11.5 Å². The van der Waals surface area contributed by atoms with Gasteiger partial charge in [-0.05, 0) is 50.2 Å². The van der Waals surface area contributed by atoms with Crippen molar-refractivity contribution >= 4 is 39.3 Å². The summed E-state index contributed by atoms with van der Waals surface area (Å²) in [5.41, 5.74) is 4.01. The Morgan fingerprint density at radius 1 is 1.04 bits per heavy atom. The molecule has 136 valence electrons. The molecule has 0 bridgehead atoms. The number of Topliss-reactive ketones (excluding diaryl/α,β-unsaturated/α-hetero) is 1. The minimum atomic E-state index is 0.0138. The molecule has 0 amide bonds. The van der Waals surface area contributed by atoms with Crippen molar-refractivity contribution in [2.45, 2.75) is 13.3 Å². The van der Waals surface area contributed by atoms with Gasteiger partial charge < -0.3 is 10.2 Å². The molecule has 0 saturated carbocycles. The van der Waals surface area contributed by atoms with Crippen molar-refractivity contribution in [3.63, 3.8) is 0 Å². The van der Waals surface area contributed by atoms with Gasteiger partial charge in [0.15, 0.2) is 11.4 Å². The van der Waals surface area contributed by atoms with Gasteiger partial charge in [-0.2, -0.15) is 0 Å². The molecule has 1 fully saturated rings. The lowest BCUT2D eigenvalue weighted by Crippen LogP contribution is -2.28. The van der Waals surface area contributed by atoms with Gasteiger partial charge in [0.25, 0.3) is 0 Å². The maximum atomic E-state index is 12.2. The van der Waals surface area contributed by atoms with E-state index in [4.69, 9.17) is 9.97 Å². The molecule has 0 unspecified atom stereocenters. The summed E-state index contributed by atoms with van der Waals surface area (Å²) in [4.78, 5) is 24.3. The summed E-state index contributed by atoms with van der Waals surface area (Å²) < 4.78 is 2.03. The van der Waals surface area contributed by atoms with Crippen molar-refractivity contribution in [1.29, 1.82) is 0 Å². The number of anilines is 1. The summed E-state index contributed by atoms with van der Waals surface area (Å²) in [6.07, 6.45) is 1.10. The van der Waals surface area contributed by atoms with Crippen LogP contribution in [0.4, 0.5) is 5.82 Å². The van der Waals surface area contributed by atoms with Crippen LogP contribution >= 0.6 is 0 Å². The van der Waals surface area contributed by atoms with Crippen LogP contribution in [-0.2, 0) is 0 Å². The van der Waals surface area contributed by atoms with E-state index in [1.165, 1.54) is 0 Å². The number of carbonyl (C=O) groups excluding carboxylic acids is 1. The molecule has 1 N–H and O–H groups in total. The number of nitrogens with one attached hydrogen (secondary N) is 1. The second-order valence-electron chi connectivity index (χ2n) is 7.05. The lowest BCUT2D eigenvalue weighted by Gasteiger charge is -2.21. The van der Waals surface area contributed by atoms with E-state index in [-0.39, 0.29) is 5.78 Å². The highest BCUT2D eigenvalue weighted by Gasteiger charge is 2.18. The lowest BCUT2D eigenvalue weighted by atomic mass is 10.1. The number of benzene rings is 1. The van der Waals surface area contributed by atoms with E-state index in [1.54, 1.807) is 6.92 Å². The van der Waals surface area contributed by atoms with Crippen molar-refractivity contribution in [3.05, 3.63) is 48.0 Å². The summed E-state index contributed by atoms with van der Waals surface area (Å²) in [6, 6.07) is 14.0. The Morgan fingerprint density at radius 2 is 1.93 bits per heavy atom. The van der Waals surface area contributed by atoms with E-state index in [0.29, 0.717) is 11.2 Å². The minimum Gasteiger partial charge on any atom is -0.355 e. The second kappa shape index (κ2) is 6.32. The number of ketones is 1. The van der Waals surface area contributed by atoms with Gasteiger partial charge in [-0.25, -0.2) is 9.97 Å². The van der Waals surface area contributed by atoms with E-state index >= 15 is 0 Å². The molecule has 27 heavy (non-hydrogen) atoms. The van der Waals surface area contributed by atoms with Gasteiger partial charge in [-0.15, -0.1) is 0 Å². The SMILES string of the molecule is CC(=O)c1cc2ccc(N3CCCNCC3)nc2n2c1nc1ccccc12. The molecule has 4 aromatic rings. The van der Waals surface area contributed by atoms with Gasteiger partial charge in [0.05, 0.1) is 16.6 Å². The van der Waals surface area contributed by atoms with Crippen molar-refractivity contribution in [1.82, 2.24) is 19.7 Å². The topological polar surface area (TPSA) is 62.5 Å². The number of aromatic nitrogens is 3. The first-order chi connectivity index (χ1) is 13.2.